The summed E-state index contributed by atoms with van der Waals surface area (Å²) < 4.78 is 56.7. The maximum Gasteiger partial charge on any atom is 0.417 e. The van der Waals surface area contributed by atoms with Gasteiger partial charge in [-0.05, 0) is 36.5 Å². The van der Waals surface area contributed by atoms with E-state index >= 15 is 0 Å². The molecule has 0 fully saturated rings. The number of aromatic nitrogens is 2. The summed E-state index contributed by atoms with van der Waals surface area (Å²) >= 11 is 0. The van der Waals surface area contributed by atoms with Gasteiger partial charge < -0.3 is 16.5 Å². The molecule has 2 heterocycles. The molecule has 2 aromatic heterocycles. The van der Waals surface area contributed by atoms with Gasteiger partial charge in [0.25, 0.3) is 5.91 Å². The van der Waals surface area contributed by atoms with Crippen LogP contribution in [0.3, 0.4) is 0 Å². The van der Waals surface area contributed by atoms with Crippen molar-refractivity contribution in [1.82, 2.24) is 9.38 Å². The van der Waals surface area contributed by atoms with Crippen molar-refractivity contribution in [1.29, 1.82) is 5.41 Å². The van der Waals surface area contributed by atoms with Crippen LogP contribution in [-0.4, -0.2) is 21.0 Å². The van der Waals surface area contributed by atoms with Crippen LogP contribution in [0.1, 0.15) is 21.5 Å². The summed E-state index contributed by atoms with van der Waals surface area (Å²) in [6, 6.07) is 15.0. The zero-order valence-electron chi connectivity index (χ0n) is 17.4. The Bertz CT molecular complexity index is 1420. The van der Waals surface area contributed by atoms with Gasteiger partial charge in [0, 0.05) is 17.3 Å². The molecule has 0 aliphatic carbocycles. The van der Waals surface area contributed by atoms with E-state index in [-0.39, 0.29) is 11.9 Å². The molecule has 4 aromatic rings. The van der Waals surface area contributed by atoms with Crippen LogP contribution >= 0.6 is 0 Å². The van der Waals surface area contributed by atoms with Crippen LogP contribution in [0.25, 0.3) is 16.9 Å². The third-order valence-electron chi connectivity index (χ3n) is 5.02. The predicted molar refractivity (Wildman–Crippen MR) is 120 cm³/mol. The van der Waals surface area contributed by atoms with E-state index in [4.69, 9.17) is 11.1 Å². The molecular formula is C24H17F4N5O. The van der Waals surface area contributed by atoms with Crippen LogP contribution in [0.15, 0.2) is 79.1 Å². The molecule has 0 spiro atoms. The highest BCUT2D eigenvalue weighted by molar-refractivity contribution is 6.11. The molecule has 34 heavy (non-hydrogen) atoms. The number of pyridine rings is 1. The number of benzene rings is 2. The Hall–Kier alpha value is -4.47. The van der Waals surface area contributed by atoms with E-state index in [9.17, 15) is 22.4 Å². The van der Waals surface area contributed by atoms with E-state index in [1.807, 2.05) is 0 Å². The van der Waals surface area contributed by atoms with Crippen molar-refractivity contribution in [3.8, 4) is 11.3 Å². The van der Waals surface area contributed by atoms with E-state index in [0.717, 1.165) is 12.3 Å². The smallest absolute Gasteiger partial charge is 0.405 e. The lowest BCUT2D eigenvalue weighted by Gasteiger charge is -2.15. The number of hydrogen-bond donors (Lipinski definition) is 3. The lowest BCUT2D eigenvalue weighted by atomic mass is 9.98. The number of alkyl halides is 3. The number of allylic oxidation sites excluding steroid dienone is 1. The van der Waals surface area contributed by atoms with Crippen LogP contribution < -0.4 is 11.1 Å². The molecule has 0 aliphatic rings. The highest BCUT2D eigenvalue weighted by atomic mass is 19.4. The number of amides is 1. The van der Waals surface area contributed by atoms with Gasteiger partial charge in [-0.15, -0.1) is 0 Å². The number of anilines is 1. The van der Waals surface area contributed by atoms with Gasteiger partial charge >= 0.3 is 6.18 Å². The van der Waals surface area contributed by atoms with Gasteiger partial charge in [-0.3, -0.25) is 9.20 Å². The largest absolute Gasteiger partial charge is 0.417 e. The first-order valence-electron chi connectivity index (χ1n) is 9.92. The second kappa shape index (κ2) is 8.81. The zero-order valence-corrected chi connectivity index (χ0v) is 17.4. The molecule has 2 aromatic carbocycles. The Labute approximate surface area is 190 Å². The first-order valence-corrected chi connectivity index (χ1v) is 9.92. The molecule has 0 radical (unpaired) electrons. The number of halogens is 4. The highest BCUT2D eigenvalue weighted by Gasteiger charge is 2.36. The second-order valence-electron chi connectivity index (χ2n) is 7.21. The van der Waals surface area contributed by atoms with Crippen LogP contribution in [0.4, 0.5) is 23.4 Å². The maximum absolute atomic E-state index is 14.7. The number of carbonyl (C=O) groups excluding carboxylic acids is 1. The average molecular weight is 467 g/mol. The van der Waals surface area contributed by atoms with Crippen molar-refractivity contribution in [2.24, 2.45) is 5.73 Å². The summed E-state index contributed by atoms with van der Waals surface area (Å²) in [7, 11) is 0. The molecule has 0 unspecified atom stereocenters. The minimum absolute atomic E-state index is 0.204. The second-order valence-corrected chi connectivity index (χ2v) is 7.21. The van der Waals surface area contributed by atoms with Crippen molar-refractivity contribution in [3.05, 3.63) is 102 Å². The fraction of sp³-hybridized carbons (Fsp3) is 0.0417. The minimum atomic E-state index is -4.94. The Kier molecular flexibility index (Phi) is 5.89. The third kappa shape index (κ3) is 4.25. The molecule has 0 aliphatic heterocycles. The monoisotopic (exact) mass is 467 g/mol. The molecule has 6 nitrogen and oxygen atoms in total. The Balaban J connectivity index is 1.83. The van der Waals surface area contributed by atoms with Gasteiger partial charge in [0.1, 0.15) is 23.0 Å². The quantitative estimate of drug-likeness (QED) is 0.276. The zero-order chi connectivity index (χ0) is 24.5. The number of rotatable bonds is 5. The topological polar surface area (TPSA) is 96.3 Å². The van der Waals surface area contributed by atoms with Crippen molar-refractivity contribution < 1.29 is 22.4 Å². The predicted octanol–water partition coefficient (Wildman–Crippen LogP) is 5.25. The molecule has 0 saturated carbocycles. The fourth-order valence-electron chi connectivity index (χ4n) is 3.48. The molecule has 1 amide bonds. The first-order chi connectivity index (χ1) is 16.2. The van der Waals surface area contributed by atoms with Gasteiger partial charge in [-0.1, -0.05) is 36.4 Å². The number of nitrogens with two attached hydrogens (primary N) is 1. The molecule has 0 atom stereocenters. The van der Waals surface area contributed by atoms with Gasteiger partial charge in [-0.2, -0.15) is 13.2 Å². The molecule has 0 saturated heterocycles. The summed E-state index contributed by atoms with van der Waals surface area (Å²) in [6.07, 6.45) is -1.50. The van der Waals surface area contributed by atoms with Gasteiger partial charge in [0.15, 0.2) is 0 Å². The number of hydrogen-bond acceptors (Lipinski definition) is 4. The summed E-state index contributed by atoms with van der Waals surface area (Å²) in [4.78, 5) is 17.6. The molecule has 0 bridgehead atoms. The van der Waals surface area contributed by atoms with E-state index in [2.05, 4.69) is 10.3 Å². The van der Waals surface area contributed by atoms with Crippen molar-refractivity contribution in [3.63, 3.8) is 0 Å². The SMILES string of the molecule is N=C(/C=C\N)c1cc(C(=O)Nc2c(-c3ccccc3)nc3ccccn23)c(F)cc1C(F)(F)F. The number of nitrogens with zero attached hydrogens (tertiary/aromatic N) is 2. The van der Waals surface area contributed by atoms with E-state index in [0.29, 0.717) is 23.0 Å². The van der Waals surface area contributed by atoms with Gasteiger partial charge in [0.05, 0.1) is 16.8 Å². The Morgan fingerprint density at radius 2 is 1.76 bits per heavy atom. The van der Waals surface area contributed by atoms with Gasteiger partial charge in [0.2, 0.25) is 0 Å². The standard InChI is InChI=1S/C24H17F4N5O/c25-18-13-17(24(26,27)28)15(19(30)9-10-29)12-16(18)23(34)32-22-21(14-6-2-1-3-7-14)31-20-8-4-5-11-33(20)22/h1-13,30H,29H2,(H,32,34)/b10-9-,30-19?. The van der Waals surface area contributed by atoms with E-state index in [1.54, 1.807) is 59.1 Å². The lowest BCUT2D eigenvalue weighted by molar-refractivity contribution is -0.137. The summed E-state index contributed by atoms with van der Waals surface area (Å²) in [5.41, 5.74) is 3.42. The molecule has 10 heteroatoms. The average Bonchev–Trinajstić information content (AvgIpc) is 3.17. The van der Waals surface area contributed by atoms with E-state index in [1.165, 1.54) is 0 Å². The molecule has 4 N–H and O–H groups in total. The summed E-state index contributed by atoms with van der Waals surface area (Å²) in [6.45, 7) is 0. The van der Waals surface area contributed by atoms with Crippen LogP contribution in [0, 0.1) is 11.2 Å². The Morgan fingerprint density at radius 1 is 1.06 bits per heavy atom. The van der Waals surface area contributed by atoms with Crippen molar-refractivity contribution in [2.75, 3.05) is 5.32 Å². The summed E-state index contributed by atoms with van der Waals surface area (Å²) in [5, 5.41) is 10.4. The maximum atomic E-state index is 14.7. The third-order valence-corrected chi connectivity index (χ3v) is 5.02. The van der Waals surface area contributed by atoms with Crippen molar-refractivity contribution >= 4 is 23.1 Å². The fourth-order valence-corrected chi connectivity index (χ4v) is 3.48. The molecule has 4 rings (SSSR count). The normalized spacial score (nSPS) is 11.8. The highest BCUT2D eigenvalue weighted by Crippen LogP contribution is 2.35. The number of carbonyl (C=O) groups is 1. The minimum Gasteiger partial charge on any atom is -0.405 e. The number of nitrogens with one attached hydrogen (secondary N) is 2. The van der Waals surface area contributed by atoms with Crippen LogP contribution in [-0.2, 0) is 6.18 Å². The number of fused-ring (bicyclic) bond motifs is 1. The lowest BCUT2D eigenvalue weighted by Crippen LogP contribution is -2.19. The van der Waals surface area contributed by atoms with Crippen molar-refractivity contribution in [2.45, 2.75) is 6.18 Å². The first kappa shape index (κ1) is 22.7. The summed E-state index contributed by atoms with van der Waals surface area (Å²) in [5.74, 6) is -2.17. The van der Waals surface area contributed by atoms with Gasteiger partial charge in [-0.25, -0.2) is 9.37 Å². The van der Waals surface area contributed by atoms with Crippen LogP contribution in [0.5, 0.6) is 0 Å². The number of imidazole rings is 1. The Morgan fingerprint density at radius 3 is 2.44 bits per heavy atom. The van der Waals surface area contributed by atoms with E-state index < -0.39 is 40.3 Å². The van der Waals surface area contributed by atoms with Crippen LogP contribution in [0.2, 0.25) is 0 Å². The molecule has 172 valence electrons. The molecular weight excluding hydrogens is 450 g/mol.